The molecule has 1 amide bonds. The van der Waals surface area contributed by atoms with Crippen molar-refractivity contribution < 1.29 is 32.9 Å². The summed E-state index contributed by atoms with van der Waals surface area (Å²) in [6.07, 6.45) is 46.6. The summed E-state index contributed by atoms with van der Waals surface area (Å²) in [6.45, 7) is 4.63. The highest BCUT2D eigenvalue weighted by Crippen LogP contribution is 2.38. The first-order valence-electron chi connectivity index (χ1n) is 23.7. The van der Waals surface area contributed by atoms with E-state index >= 15 is 0 Å². The predicted octanol–water partition coefficient (Wildman–Crippen LogP) is 12.7. The van der Waals surface area contributed by atoms with E-state index in [2.05, 4.69) is 31.3 Å². The molecule has 0 heterocycles. The molecule has 0 aliphatic carbocycles. The van der Waals surface area contributed by atoms with Gasteiger partial charge in [0.1, 0.15) is 13.2 Å². The molecule has 332 valence electrons. The lowest BCUT2D eigenvalue weighted by atomic mass is 10.0. The first-order chi connectivity index (χ1) is 27.0. The molecule has 3 atom stereocenters. The van der Waals surface area contributed by atoms with Gasteiger partial charge >= 0.3 is 0 Å². The van der Waals surface area contributed by atoms with Gasteiger partial charge in [0, 0.05) is 6.42 Å². The number of rotatable bonds is 43. The second kappa shape index (κ2) is 39.4. The zero-order valence-electron chi connectivity index (χ0n) is 37.6. The third kappa shape index (κ3) is 41.2. The summed E-state index contributed by atoms with van der Waals surface area (Å²) in [5.74, 6) is -0.205. The molecule has 0 aromatic rings. The molecule has 0 saturated heterocycles. The third-order valence-electron chi connectivity index (χ3n) is 10.7. The number of hydrogen-bond donors (Lipinski definition) is 2. The Labute approximate surface area is 347 Å². The van der Waals surface area contributed by atoms with Crippen LogP contribution in [0.2, 0.25) is 0 Å². The second-order valence-electron chi connectivity index (χ2n) is 17.5. The van der Waals surface area contributed by atoms with Gasteiger partial charge < -0.3 is 28.8 Å². The fraction of sp³-hybridized carbons (Fsp3) is 0.894. The Morgan fingerprint density at radius 1 is 0.607 bits per heavy atom. The number of aliphatic hydroxyl groups excluding tert-OH is 1. The Kier molecular flexibility index (Phi) is 38.7. The molecule has 9 heteroatoms. The lowest BCUT2D eigenvalue weighted by molar-refractivity contribution is -0.870. The minimum Gasteiger partial charge on any atom is -0.756 e. The van der Waals surface area contributed by atoms with E-state index in [4.69, 9.17) is 9.05 Å². The van der Waals surface area contributed by atoms with Crippen molar-refractivity contribution in [1.82, 2.24) is 5.32 Å². The lowest BCUT2D eigenvalue weighted by Crippen LogP contribution is -2.45. The molecule has 0 bridgehead atoms. The van der Waals surface area contributed by atoms with Crippen molar-refractivity contribution in [2.75, 3.05) is 40.9 Å². The highest BCUT2D eigenvalue weighted by Gasteiger charge is 2.23. The molecule has 0 saturated carbocycles. The number of phosphoric acid groups is 1. The van der Waals surface area contributed by atoms with Gasteiger partial charge in [0.25, 0.3) is 7.82 Å². The van der Waals surface area contributed by atoms with Crippen LogP contribution in [0.1, 0.15) is 219 Å². The van der Waals surface area contributed by atoms with Gasteiger partial charge in [0.05, 0.1) is 39.9 Å². The standard InChI is InChI=1S/C47H93N2O6P/c1-6-8-10-12-14-16-18-20-22-23-24-25-26-27-29-31-33-35-37-39-41-47(51)48-45(44-55-56(52,53)54-43-42-49(3,4)5)46(50)40-38-36-34-32-30-28-21-19-17-15-13-11-9-7-2/h30,32,38,40,45-46,50H,6-29,31,33-37,39,41-44H2,1-5H3,(H-,48,51,52,53)/b32-30+,40-38+/t45-,46+/m0/s1. The van der Waals surface area contributed by atoms with Crippen molar-refractivity contribution in [3.8, 4) is 0 Å². The molecule has 56 heavy (non-hydrogen) atoms. The van der Waals surface area contributed by atoms with E-state index in [1.807, 2.05) is 27.2 Å². The molecule has 0 aromatic carbocycles. The SMILES string of the molecule is CCCCCCCCCC/C=C/CC/C=C/[C@@H](O)[C@H](COP(=O)([O-])OCC[N+](C)(C)C)NC(=O)CCCCCCCCCCCCCCCCCCCCCC. The first-order valence-corrected chi connectivity index (χ1v) is 25.2. The summed E-state index contributed by atoms with van der Waals surface area (Å²) in [6, 6.07) is -0.898. The van der Waals surface area contributed by atoms with E-state index in [9.17, 15) is 19.4 Å². The Bertz CT molecular complexity index is 969. The highest BCUT2D eigenvalue weighted by atomic mass is 31.2. The maximum Gasteiger partial charge on any atom is 0.268 e. The average Bonchev–Trinajstić information content (AvgIpc) is 3.15. The number of carbonyl (C=O) groups is 1. The van der Waals surface area contributed by atoms with E-state index in [1.54, 1.807) is 6.08 Å². The van der Waals surface area contributed by atoms with Gasteiger partial charge in [-0.05, 0) is 32.1 Å². The molecule has 0 fully saturated rings. The Morgan fingerprint density at radius 2 is 1.00 bits per heavy atom. The first kappa shape index (κ1) is 55.0. The number of hydrogen-bond acceptors (Lipinski definition) is 6. The van der Waals surface area contributed by atoms with Crippen molar-refractivity contribution in [2.24, 2.45) is 0 Å². The van der Waals surface area contributed by atoms with Gasteiger partial charge in [-0.25, -0.2) is 0 Å². The zero-order chi connectivity index (χ0) is 41.4. The molecule has 0 rings (SSSR count). The number of likely N-dealkylation sites (N-methyl/N-ethyl adjacent to an activating group) is 1. The summed E-state index contributed by atoms with van der Waals surface area (Å²) in [5, 5.41) is 13.8. The van der Waals surface area contributed by atoms with Crippen molar-refractivity contribution in [3.63, 3.8) is 0 Å². The monoisotopic (exact) mass is 813 g/mol. The van der Waals surface area contributed by atoms with Crippen LogP contribution in [0.5, 0.6) is 0 Å². The topological polar surface area (TPSA) is 108 Å². The van der Waals surface area contributed by atoms with Crippen LogP contribution in [0, 0.1) is 0 Å². The van der Waals surface area contributed by atoms with Crippen LogP contribution in [-0.4, -0.2) is 68.5 Å². The molecule has 2 N–H and O–H groups in total. The van der Waals surface area contributed by atoms with E-state index in [0.29, 0.717) is 17.4 Å². The van der Waals surface area contributed by atoms with Gasteiger partial charge in [0.2, 0.25) is 5.91 Å². The number of phosphoric ester groups is 1. The van der Waals surface area contributed by atoms with Crippen LogP contribution in [0.4, 0.5) is 0 Å². The molecular formula is C47H93N2O6P. The Morgan fingerprint density at radius 3 is 1.45 bits per heavy atom. The van der Waals surface area contributed by atoms with Crippen molar-refractivity contribution >= 4 is 13.7 Å². The number of aliphatic hydroxyl groups is 1. The smallest absolute Gasteiger partial charge is 0.268 e. The second-order valence-corrected chi connectivity index (χ2v) is 18.9. The summed E-state index contributed by atoms with van der Waals surface area (Å²) in [4.78, 5) is 25.3. The minimum absolute atomic E-state index is 0.00420. The average molecular weight is 813 g/mol. The van der Waals surface area contributed by atoms with Crippen LogP contribution >= 0.6 is 7.82 Å². The number of quaternary nitrogens is 1. The van der Waals surface area contributed by atoms with Crippen molar-refractivity contribution in [2.45, 2.75) is 231 Å². The zero-order valence-corrected chi connectivity index (χ0v) is 38.5. The fourth-order valence-electron chi connectivity index (χ4n) is 6.87. The van der Waals surface area contributed by atoms with Gasteiger partial charge in [-0.1, -0.05) is 205 Å². The number of carbonyl (C=O) groups excluding carboxylic acids is 1. The number of amides is 1. The maximum atomic E-state index is 12.9. The third-order valence-corrected chi connectivity index (χ3v) is 11.6. The van der Waals surface area contributed by atoms with Crippen LogP contribution in [-0.2, 0) is 18.4 Å². The highest BCUT2D eigenvalue weighted by molar-refractivity contribution is 7.45. The molecule has 0 aliphatic rings. The van der Waals surface area contributed by atoms with Crippen molar-refractivity contribution in [3.05, 3.63) is 24.3 Å². The summed E-state index contributed by atoms with van der Waals surface area (Å²) in [5.41, 5.74) is 0. The van der Waals surface area contributed by atoms with Gasteiger partial charge in [0.15, 0.2) is 0 Å². The number of nitrogens with one attached hydrogen (secondary N) is 1. The quantitative estimate of drug-likeness (QED) is 0.0275. The van der Waals surface area contributed by atoms with Gasteiger partial charge in [-0.2, -0.15) is 0 Å². The number of unbranched alkanes of at least 4 members (excludes halogenated alkanes) is 28. The van der Waals surface area contributed by atoms with Gasteiger partial charge in [-0.15, -0.1) is 0 Å². The summed E-state index contributed by atoms with van der Waals surface area (Å²) < 4.78 is 23.2. The predicted molar refractivity (Wildman–Crippen MR) is 238 cm³/mol. The van der Waals surface area contributed by atoms with Crippen LogP contribution in [0.15, 0.2) is 24.3 Å². The van der Waals surface area contributed by atoms with E-state index in [1.165, 1.54) is 161 Å². The largest absolute Gasteiger partial charge is 0.756 e. The van der Waals surface area contributed by atoms with Crippen molar-refractivity contribution in [1.29, 1.82) is 0 Å². The lowest BCUT2D eigenvalue weighted by Gasteiger charge is -2.29. The van der Waals surface area contributed by atoms with E-state index < -0.39 is 20.0 Å². The van der Waals surface area contributed by atoms with E-state index in [-0.39, 0.29) is 19.1 Å². The maximum absolute atomic E-state index is 12.9. The Hall–Kier alpha value is -1.02. The van der Waals surface area contributed by atoms with Gasteiger partial charge in [-0.3, -0.25) is 9.36 Å². The Balaban J connectivity index is 4.34. The minimum atomic E-state index is -4.59. The summed E-state index contributed by atoms with van der Waals surface area (Å²) in [7, 11) is 1.25. The number of allylic oxidation sites excluding steroid dienone is 3. The molecule has 0 spiro atoms. The normalized spacial score (nSPS) is 14.5. The molecular weight excluding hydrogens is 719 g/mol. The fourth-order valence-corrected chi connectivity index (χ4v) is 7.60. The van der Waals surface area contributed by atoms with E-state index in [0.717, 1.165) is 38.5 Å². The summed E-state index contributed by atoms with van der Waals surface area (Å²) >= 11 is 0. The van der Waals surface area contributed by atoms with Crippen LogP contribution in [0.3, 0.4) is 0 Å². The number of nitrogens with zero attached hydrogens (tertiary/aromatic N) is 1. The van der Waals surface area contributed by atoms with Crippen LogP contribution < -0.4 is 10.2 Å². The molecule has 0 aliphatic heterocycles. The molecule has 0 aromatic heterocycles. The molecule has 0 radical (unpaired) electrons. The molecule has 8 nitrogen and oxygen atoms in total. The van der Waals surface area contributed by atoms with Crippen LogP contribution in [0.25, 0.3) is 0 Å². The molecule has 1 unspecified atom stereocenters.